The summed E-state index contributed by atoms with van der Waals surface area (Å²) in [6.45, 7) is 0. The van der Waals surface area contributed by atoms with Crippen molar-refractivity contribution in [1.29, 1.82) is 0 Å². The number of hydrogen-bond donors (Lipinski definition) is 0. The third-order valence-corrected chi connectivity index (χ3v) is 5.63. The van der Waals surface area contributed by atoms with Gasteiger partial charge < -0.3 is 5.11 Å². The zero-order valence-electron chi connectivity index (χ0n) is 17.5. The monoisotopic (exact) mass is 456 g/mol. The van der Waals surface area contributed by atoms with Gasteiger partial charge in [-0.1, -0.05) is 54.1 Å². The van der Waals surface area contributed by atoms with E-state index in [4.69, 9.17) is 11.6 Å². The fourth-order valence-corrected chi connectivity index (χ4v) is 4.10. The molecular weight excluding hydrogens is 440 g/mol. The summed E-state index contributed by atoms with van der Waals surface area (Å²) in [6.07, 6.45) is 3.32. The average Bonchev–Trinajstić information content (AvgIpc) is 3.26. The molecule has 0 bridgehead atoms. The summed E-state index contributed by atoms with van der Waals surface area (Å²) in [7, 11) is 1.52. The van der Waals surface area contributed by atoms with Gasteiger partial charge in [-0.25, -0.2) is 4.90 Å². The molecule has 162 valence electrons. The van der Waals surface area contributed by atoms with E-state index in [1.807, 2.05) is 18.2 Å². The highest BCUT2D eigenvalue weighted by atomic mass is 35.5. The van der Waals surface area contributed by atoms with Gasteiger partial charge in [-0.05, 0) is 24.1 Å². The second-order valence-electron chi connectivity index (χ2n) is 7.45. The van der Waals surface area contributed by atoms with Crippen LogP contribution in [0, 0.1) is 0 Å². The first-order valence-electron chi connectivity index (χ1n) is 10.1. The number of carbonyl (C=O) groups is 2. The summed E-state index contributed by atoms with van der Waals surface area (Å²) in [5.74, 6) is -1.64. The van der Waals surface area contributed by atoms with Crippen LogP contribution in [0.15, 0.2) is 85.2 Å². The Morgan fingerprint density at radius 2 is 1.61 bits per heavy atom. The fourth-order valence-electron chi connectivity index (χ4n) is 3.91. The van der Waals surface area contributed by atoms with Crippen LogP contribution in [0.5, 0.6) is 5.88 Å². The molecule has 4 aromatic rings. The first-order chi connectivity index (χ1) is 16.0. The predicted molar refractivity (Wildman–Crippen MR) is 122 cm³/mol. The first kappa shape index (κ1) is 20.7. The number of anilines is 1. The molecule has 0 radical (unpaired) electrons. The van der Waals surface area contributed by atoms with Gasteiger partial charge in [0.15, 0.2) is 12.4 Å². The largest absolute Gasteiger partial charge is 0.858 e. The minimum absolute atomic E-state index is 0.00636. The maximum Gasteiger partial charge on any atom is 0.331 e. The van der Waals surface area contributed by atoms with Crippen LogP contribution in [0.1, 0.15) is 5.56 Å². The lowest BCUT2D eigenvalue weighted by molar-refractivity contribution is -0.576. The number of pyridine rings is 1. The number of aromatic nitrogens is 3. The minimum atomic E-state index is -0.615. The summed E-state index contributed by atoms with van der Waals surface area (Å²) < 4.78 is 2.72. The van der Waals surface area contributed by atoms with Crippen LogP contribution in [0.25, 0.3) is 22.5 Å². The van der Waals surface area contributed by atoms with Gasteiger partial charge in [-0.2, -0.15) is 9.67 Å². The zero-order valence-corrected chi connectivity index (χ0v) is 18.2. The molecule has 0 saturated carbocycles. The molecule has 8 heteroatoms. The lowest BCUT2D eigenvalue weighted by Crippen LogP contribution is -2.39. The van der Waals surface area contributed by atoms with E-state index in [-0.39, 0.29) is 16.8 Å². The van der Waals surface area contributed by atoms with Crippen LogP contribution in [0.4, 0.5) is 5.69 Å². The van der Waals surface area contributed by atoms with Gasteiger partial charge in [-0.15, -0.1) is 0 Å². The molecule has 0 unspecified atom stereocenters. The molecule has 0 N–H and O–H groups in total. The van der Waals surface area contributed by atoms with E-state index in [0.717, 1.165) is 4.90 Å². The van der Waals surface area contributed by atoms with E-state index < -0.39 is 17.7 Å². The Morgan fingerprint density at radius 3 is 2.30 bits per heavy atom. The van der Waals surface area contributed by atoms with E-state index in [2.05, 4.69) is 5.10 Å². The average molecular weight is 457 g/mol. The van der Waals surface area contributed by atoms with E-state index in [1.165, 1.54) is 17.8 Å². The molecule has 1 aliphatic rings. The van der Waals surface area contributed by atoms with Crippen molar-refractivity contribution in [2.24, 2.45) is 7.05 Å². The van der Waals surface area contributed by atoms with Gasteiger partial charge in [0.05, 0.1) is 11.4 Å². The Morgan fingerprint density at radius 1 is 0.909 bits per heavy atom. The quantitative estimate of drug-likeness (QED) is 0.349. The maximum atomic E-state index is 13.8. The standard InChI is InChI=1S/C25H17ClN4O3/c1-28-23(31)19(21(27-28)16-9-4-2-5-10-16)20-22(29-13-6-3-7-14-29)25(33)30(24(20)32)18-12-8-11-17(26)15-18/h2-15H,1H3. The van der Waals surface area contributed by atoms with E-state index >= 15 is 0 Å². The molecule has 0 aliphatic carbocycles. The highest BCUT2D eigenvalue weighted by molar-refractivity contribution is 6.54. The Balaban J connectivity index is 1.80. The number of imide groups is 1. The van der Waals surface area contributed by atoms with Gasteiger partial charge in [0, 0.05) is 35.3 Å². The molecule has 2 aromatic heterocycles. The van der Waals surface area contributed by atoms with Crippen LogP contribution >= 0.6 is 11.6 Å². The van der Waals surface area contributed by atoms with Gasteiger partial charge >= 0.3 is 5.91 Å². The number of nitrogens with zero attached hydrogens (tertiary/aromatic N) is 4. The number of hydrogen-bond acceptors (Lipinski definition) is 4. The lowest BCUT2D eigenvalue weighted by atomic mass is 10.00. The van der Waals surface area contributed by atoms with Crippen LogP contribution < -0.4 is 14.6 Å². The molecule has 0 fully saturated rings. The Kier molecular flexibility index (Phi) is 5.03. The SMILES string of the molecule is Cn1nc(-c2ccccc2)c(C2=C([n+]3ccccc3)C(=O)N(c3cccc(Cl)c3)C2=O)c1[O-]. The summed E-state index contributed by atoms with van der Waals surface area (Å²) in [5.41, 5.74) is 1.46. The second-order valence-corrected chi connectivity index (χ2v) is 7.89. The van der Waals surface area contributed by atoms with Crippen molar-refractivity contribution in [3.63, 3.8) is 0 Å². The number of aryl methyl sites for hydroxylation is 1. The topological polar surface area (TPSA) is 82.1 Å². The number of benzene rings is 2. The molecule has 0 atom stereocenters. The number of amides is 2. The summed E-state index contributed by atoms with van der Waals surface area (Å²) >= 11 is 6.13. The Bertz CT molecular complexity index is 1430. The zero-order chi connectivity index (χ0) is 23.1. The summed E-state index contributed by atoms with van der Waals surface area (Å²) in [6, 6.07) is 20.8. The molecule has 7 nitrogen and oxygen atoms in total. The van der Waals surface area contributed by atoms with Crippen LogP contribution in [0.3, 0.4) is 0 Å². The van der Waals surface area contributed by atoms with Crippen LogP contribution in [-0.2, 0) is 16.6 Å². The molecule has 1 aliphatic heterocycles. The van der Waals surface area contributed by atoms with Gasteiger partial charge in [0.2, 0.25) is 0 Å². The van der Waals surface area contributed by atoms with Crippen LogP contribution in [-0.4, -0.2) is 21.6 Å². The van der Waals surface area contributed by atoms with Crippen molar-refractivity contribution in [2.75, 3.05) is 4.90 Å². The molecule has 0 spiro atoms. The Hall–Kier alpha value is -4.23. The van der Waals surface area contributed by atoms with Crippen molar-refractivity contribution in [1.82, 2.24) is 9.78 Å². The highest BCUT2D eigenvalue weighted by Crippen LogP contribution is 2.41. The van der Waals surface area contributed by atoms with Crippen molar-refractivity contribution >= 4 is 40.4 Å². The third-order valence-electron chi connectivity index (χ3n) is 5.39. The van der Waals surface area contributed by atoms with E-state index in [9.17, 15) is 14.7 Å². The molecule has 2 amide bonds. The van der Waals surface area contributed by atoms with Crippen molar-refractivity contribution in [3.05, 3.63) is 95.8 Å². The molecular formula is C25H17ClN4O3. The molecule has 3 heterocycles. The van der Waals surface area contributed by atoms with Gasteiger partial charge in [0.1, 0.15) is 5.57 Å². The number of carbonyl (C=O) groups excluding carboxylic acids is 2. The highest BCUT2D eigenvalue weighted by Gasteiger charge is 2.47. The van der Waals surface area contributed by atoms with Crippen molar-refractivity contribution in [2.45, 2.75) is 0 Å². The van der Waals surface area contributed by atoms with E-state index in [0.29, 0.717) is 22.0 Å². The molecule has 5 rings (SSSR count). The smallest absolute Gasteiger partial charge is 0.331 e. The normalized spacial score (nSPS) is 13.8. The molecule has 33 heavy (non-hydrogen) atoms. The van der Waals surface area contributed by atoms with Crippen LogP contribution in [0.2, 0.25) is 5.02 Å². The van der Waals surface area contributed by atoms with E-state index in [1.54, 1.807) is 65.5 Å². The first-order valence-corrected chi connectivity index (χ1v) is 10.5. The lowest BCUT2D eigenvalue weighted by Gasteiger charge is -2.15. The summed E-state index contributed by atoms with van der Waals surface area (Å²) in [4.78, 5) is 28.4. The third kappa shape index (κ3) is 3.39. The van der Waals surface area contributed by atoms with Gasteiger partial charge in [-0.3, -0.25) is 14.3 Å². The van der Waals surface area contributed by atoms with Crippen molar-refractivity contribution < 1.29 is 19.3 Å². The predicted octanol–water partition coefficient (Wildman–Crippen LogP) is 3.04. The maximum absolute atomic E-state index is 13.8. The van der Waals surface area contributed by atoms with Crippen molar-refractivity contribution in [3.8, 4) is 17.1 Å². The van der Waals surface area contributed by atoms with Gasteiger partial charge in [0.25, 0.3) is 11.6 Å². The number of rotatable bonds is 4. The molecule has 0 saturated heterocycles. The fraction of sp³-hybridized carbons (Fsp3) is 0.0400. The summed E-state index contributed by atoms with van der Waals surface area (Å²) in [5, 5.41) is 18.0. The number of halogens is 1. The minimum Gasteiger partial charge on any atom is -0.858 e. The molecule has 2 aromatic carbocycles. The second kappa shape index (κ2) is 8.03. The Labute approximate surface area is 194 Å².